The number of nitrogens with zero attached hydrogens (tertiary/aromatic N) is 2. The molecule has 3 rings (SSSR count). The number of hydrogen-bond acceptors (Lipinski definition) is 3. The number of aromatic nitrogens is 2. The van der Waals surface area contributed by atoms with E-state index in [1.165, 1.54) is 11.1 Å². The lowest BCUT2D eigenvalue weighted by Gasteiger charge is -2.16. The van der Waals surface area contributed by atoms with Gasteiger partial charge in [0.1, 0.15) is 0 Å². The van der Waals surface area contributed by atoms with Gasteiger partial charge in [-0.1, -0.05) is 42.0 Å². The van der Waals surface area contributed by atoms with Gasteiger partial charge in [0.25, 0.3) is 0 Å². The summed E-state index contributed by atoms with van der Waals surface area (Å²) in [5.74, 6) is 0.487. The number of aliphatic hydroxyl groups excluding tert-OH is 1. The van der Waals surface area contributed by atoms with Gasteiger partial charge in [-0.25, -0.2) is 0 Å². The van der Waals surface area contributed by atoms with E-state index in [2.05, 4.69) is 35.5 Å². The summed E-state index contributed by atoms with van der Waals surface area (Å²) in [6.07, 6.45) is 7.56. The highest BCUT2D eigenvalue weighted by Gasteiger charge is 2.32. The van der Waals surface area contributed by atoms with Crippen LogP contribution in [-0.4, -0.2) is 33.6 Å². The predicted molar refractivity (Wildman–Crippen MR) is 92.8 cm³/mol. The third-order valence-corrected chi connectivity index (χ3v) is 4.49. The standard InChI is InChI=1S/C19H25N3O/c1-15(10-16-6-3-2-4-7-16)13-20-18-11-17(12-19(18)23)14-22-9-5-8-21-22/h2-10,17-20,23H,11-14H2,1H3/b15-10+/t17?,18-,19-/m1/s1. The maximum Gasteiger partial charge on any atom is 0.0696 e. The Morgan fingerprint density at radius 2 is 2.13 bits per heavy atom. The van der Waals surface area contributed by atoms with Crippen molar-refractivity contribution in [2.75, 3.05) is 6.54 Å². The summed E-state index contributed by atoms with van der Waals surface area (Å²) in [5.41, 5.74) is 2.49. The van der Waals surface area contributed by atoms with Crippen LogP contribution in [0.15, 0.2) is 54.4 Å². The third kappa shape index (κ3) is 4.53. The van der Waals surface area contributed by atoms with E-state index >= 15 is 0 Å². The van der Waals surface area contributed by atoms with Crippen LogP contribution in [-0.2, 0) is 6.54 Å². The van der Waals surface area contributed by atoms with E-state index < -0.39 is 0 Å². The van der Waals surface area contributed by atoms with E-state index in [9.17, 15) is 5.11 Å². The van der Waals surface area contributed by atoms with Gasteiger partial charge < -0.3 is 10.4 Å². The van der Waals surface area contributed by atoms with Crippen LogP contribution in [0.2, 0.25) is 0 Å². The molecular formula is C19H25N3O. The van der Waals surface area contributed by atoms with Crippen LogP contribution < -0.4 is 5.32 Å². The molecule has 1 aromatic heterocycles. The molecule has 1 aromatic carbocycles. The lowest BCUT2D eigenvalue weighted by atomic mass is 10.1. The third-order valence-electron chi connectivity index (χ3n) is 4.49. The van der Waals surface area contributed by atoms with Gasteiger partial charge in [0.05, 0.1) is 6.10 Å². The largest absolute Gasteiger partial charge is 0.391 e. The van der Waals surface area contributed by atoms with Crippen molar-refractivity contribution in [2.24, 2.45) is 5.92 Å². The zero-order chi connectivity index (χ0) is 16.1. The summed E-state index contributed by atoms with van der Waals surface area (Å²) in [6, 6.07) is 12.5. The van der Waals surface area contributed by atoms with Crippen molar-refractivity contribution in [3.63, 3.8) is 0 Å². The van der Waals surface area contributed by atoms with Gasteiger partial charge in [0.2, 0.25) is 0 Å². The lowest BCUT2D eigenvalue weighted by molar-refractivity contribution is 0.147. The fourth-order valence-electron chi connectivity index (χ4n) is 3.34. The molecule has 1 unspecified atom stereocenters. The Labute approximate surface area is 137 Å². The predicted octanol–water partition coefficient (Wildman–Crippen LogP) is 2.72. The van der Waals surface area contributed by atoms with Crippen LogP contribution in [0.3, 0.4) is 0 Å². The molecule has 1 fully saturated rings. The number of hydrogen-bond donors (Lipinski definition) is 2. The van der Waals surface area contributed by atoms with Crippen molar-refractivity contribution in [2.45, 2.75) is 38.5 Å². The first-order valence-electron chi connectivity index (χ1n) is 8.32. The fraction of sp³-hybridized carbons (Fsp3) is 0.421. The van der Waals surface area contributed by atoms with E-state index in [-0.39, 0.29) is 12.1 Å². The van der Waals surface area contributed by atoms with Crippen LogP contribution >= 0.6 is 0 Å². The number of nitrogens with one attached hydrogen (secondary N) is 1. The molecule has 23 heavy (non-hydrogen) atoms. The van der Waals surface area contributed by atoms with E-state index in [0.717, 1.165) is 25.9 Å². The number of rotatable bonds is 6. The van der Waals surface area contributed by atoms with Gasteiger partial charge >= 0.3 is 0 Å². The Hall–Kier alpha value is -1.91. The molecule has 0 spiro atoms. The van der Waals surface area contributed by atoms with E-state index in [1.54, 1.807) is 6.20 Å². The van der Waals surface area contributed by atoms with E-state index in [0.29, 0.717) is 5.92 Å². The van der Waals surface area contributed by atoms with Crippen LogP contribution in [0.25, 0.3) is 6.08 Å². The molecule has 2 aromatic rings. The SMILES string of the molecule is C/C(=C\c1ccccc1)CN[C@@H]1CC(Cn2cccn2)C[C@H]1O. The van der Waals surface area contributed by atoms with Gasteiger partial charge in [-0.2, -0.15) is 5.10 Å². The van der Waals surface area contributed by atoms with Gasteiger partial charge in [0.15, 0.2) is 0 Å². The normalized spacial score (nSPS) is 25.0. The molecule has 0 bridgehead atoms. The van der Waals surface area contributed by atoms with Crippen molar-refractivity contribution < 1.29 is 5.11 Å². The highest BCUT2D eigenvalue weighted by atomic mass is 16.3. The van der Waals surface area contributed by atoms with Gasteiger partial charge in [-0.3, -0.25) is 4.68 Å². The average molecular weight is 311 g/mol. The first-order valence-corrected chi connectivity index (χ1v) is 8.32. The topological polar surface area (TPSA) is 50.1 Å². The maximum atomic E-state index is 10.3. The average Bonchev–Trinajstić information content (AvgIpc) is 3.16. The second-order valence-electron chi connectivity index (χ2n) is 6.52. The molecule has 1 aliphatic carbocycles. The highest BCUT2D eigenvalue weighted by molar-refractivity contribution is 5.52. The number of aliphatic hydroxyl groups is 1. The van der Waals surface area contributed by atoms with Crippen molar-refractivity contribution in [1.29, 1.82) is 0 Å². The number of benzene rings is 1. The molecule has 4 nitrogen and oxygen atoms in total. The highest BCUT2D eigenvalue weighted by Crippen LogP contribution is 2.27. The summed E-state index contributed by atoms with van der Waals surface area (Å²) in [5, 5.41) is 18.0. The first-order chi connectivity index (χ1) is 11.2. The monoisotopic (exact) mass is 311 g/mol. The van der Waals surface area contributed by atoms with Crippen LogP contribution in [0.5, 0.6) is 0 Å². The Morgan fingerprint density at radius 3 is 2.87 bits per heavy atom. The summed E-state index contributed by atoms with van der Waals surface area (Å²) in [6.45, 7) is 3.83. The van der Waals surface area contributed by atoms with Crippen molar-refractivity contribution in [1.82, 2.24) is 15.1 Å². The molecule has 0 saturated heterocycles. The molecule has 2 N–H and O–H groups in total. The second-order valence-corrected chi connectivity index (χ2v) is 6.52. The minimum atomic E-state index is -0.264. The second kappa shape index (κ2) is 7.57. The maximum absolute atomic E-state index is 10.3. The van der Waals surface area contributed by atoms with Crippen LogP contribution in [0.4, 0.5) is 0 Å². The molecule has 1 saturated carbocycles. The van der Waals surface area contributed by atoms with E-state index in [1.807, 2.05) is 35.1 Å². The zero-order valence-electron chi connectivity index (χ0n) is 13.6. The molecule has 122 valence electrons. The molecule has 4 heteroatoms. The molecule has 1 heterocycles. The molecular weight excluding hydrogens is 286 g/mol. The minimum absolute atomic E-state index is 0.176. The van der Waals surface area contributed by atoms with E-state index in [4.69, 9.17) is 0 Å². The Morgan fingerprint density at radius 1 is 1.30 bits per heavy atom. The van der Waals surface area contributed by atoms with Crippen molar-refractivity contribution >= 4 is 6.08 Å². The Bertz CT molecular complexity index is 621. The minimum Gasteiger partial charge on any atom is -0.391 e. The summed E-state index contributed by atoms with van der Waals surface area (Å²) >= 11 is 0. The molecule has 0 radical (unpaired) electrons. The molecule has 3 atom stereocenters. The van der Waals surface area contributed by atoms with Crippen LogP contribution in [0.1, 0.15) is 25.3 Å². The molecule has 1 aliphatic rings. The van der Waals surface area contributed by atoms with Gasteiger partial charge in [-0.15, -0.1) is 0 Å². The quantitative estimate of drug-likeness (QED) is 0.862. The van der Waals surface area contributed by atoms with Gasteiger partial charge in [0, 0.05) is 31.5 Å². The summed E-state index contributed by atoms with van der Waals surface area (Å²) in [4.78, 5) is 0. The summed E-state index contributed by atoms with van der Waals surface area (Å²) < 4.78 is 1.96. The Kier molecular flexibility index (Phi) is 5.26. The van der Waals surface area contributed by atoms with Crippen molar-refractivity contribution in [3.8, 4) is 0 Å². The first kappa shape index (κ1) is 16.0. The van der Waals surface area contributed by atoms with Crippen LogP contribution in [0, 0.1) is 5.92 Å². The van der Waals surface area contributed by atoms with Crippen molar-refractivity contribution in [3.05, 3.63) is 59.9 Å². The zero-order valence-corrected chi connectivity index (χ0v) is 13.6. The molecule has 0 amide bonds. The summed E-state index contributed by atoms with van der Waals surface area (Å²) in [7, 11) is 0. The Balaban J connectivity index is 1.49. The lowest BCUT2D eigenvalue weighted by Crippen LogP contribution is -2.36. The molecule has 0 aliphatic heterocycles. The van der Waals surface area contributed by atoms with Gasteiger partial charge in [-0.05, 0) is 37.3 Å². The fourth-order valence-corrected chi connectivity index (χ4v) is 3.34. The smallest absolute Gasteiger partial charge is 0.0696 e.